The molecule has 9 heteroatoms. The largest absolute Gasteiger partial charge is 0.496 e. The molecule has 9 nitrogen and oxygen atoms in total. The summed E-state index contributed by atoms with van der Waals surface area (Å²) in [5, 5.41) is 25.6. The molecular weight excluding hydrogens is 510 g/mol. The molecule has 2 amide bonds. The van der Waals surface area contributed by atoms with Gasteiger partial charge in [-0.15, -0.1) is 0 Å². The van der Waals surface area contributed by atoms with Crippen molar-refractivity contribution in [3.8, 4) is 17.6 Å². The van der Waals surface area contributed by atoms with Crippen LogP contribution in [0.1, 0.15) is 87.6 Å². The van der Waals surface area contributed by atoms with Crippen molar-refractivity contribution in [3.05, 3.63) is 23.3 Å². The predicted octanol–water partition coefficient (Wildman–Crippen LogP) is 4.29. The number of carboxylic acids is 1. The van der Waals surface area contributed by atoms with Gasteiger partial charge in [0.25, 0.3) is 5.91 Å². The van der Waals surface area contributed by atoms with Gasteiger partial charge in [-0.25, -0.2) is 0 Å². The Balaban J connectivity index is 1.29. The highest BCUT2D eigenvalue weighted by molar-refractivity contribution is 5.98. The average Bonchev–Trinajstić information content (AvgIpc) is 3.53. The molecule has 4 atom stereocenters. The number of nitrogens with zero attached hydrogens (tertiary/aromatic N) is 1. The van der Waals surface area contributed by atoms with Crippen LogP contribution in [-0.2, 0) is 9.59 Å². The third kappa shape index (κ3) is 5.50. The normalized spacial score (nSPS) is 34.3. The number of nitrogens with one attached hydrogen (secondary N) is 2. The van der Waals surface area contributed by atoms with Gasteiger partial charge in [0.05, 0.1) is 35.7 Å². The van der Waals surface area contributed by atoms with Crippen LogP contribution in [0.25, 0.3) is 0 Å². The topological polar surface area (TPSA) is 138 Å². The zero-order chi connectivity index (χ0) is 28.6. The van der Waals surface area contributed by atoms with Crippen molar-refractivity contribution in [3.63, 3.8) is 0 Å². The van der Waals surface area contributed by atoms with Crippen LogP contribution in [0, 0.1) is 46.3 Å². The van der Waals surface area contributed by atoms with Gasteiger partial charge in [0.2, 0.25) is 5.91 Å². The van der Waals surface area contributed by atoms with Crippen LogP contribution in [0.15, 0.2) is 12.1 Å². The Bertz CT molecular complexity index is 1190. The van der Waals surface area contributed by atoms with Crippen molar-refractivity contribution < 1.29 is 29.0 Å². The Morgan fingerprint density at radius 3 is 2.40 bits per heavy atom. The molecule has 216 valence electrons. The first-order valence-corrected chi connectivity index (χ1v) is 14.7. The second kappa shape index (κ2) is 11.3. The fourth-order valence-electron chi connectivity index (χ4n) is 7.53. The first kappa shape index (κ1) is 28.3. The summed E-state index contributed by atoms with van der Waals surface area (Å²) in [5.41, 5.74) is -0.265. The number of benzene rings is 1. The van der Waals surface area contributed by atoms with Gasteiger partial charge in [0.15, 0.2) is 0 Å². The highest BCUT2D eigenvalue weighted by Crippen LogP contribution is 2.49. The number of amides is 2. The Morgan fingerprint density at radius 1 is 1.07 bits per heavy atom. The second-order valence-electron chi connectivity index (χ2n) is 12.9. The molecule has 4 aliphatic rings. The van der Waals surface area contributed by atoms with E-state index in [4.69, 9.17) is 9.47 Å². The fraction of sp³-hybridized carbons (Fsp3) is 0.677. The molecule has 4 fully saturated rings. The van der Waals surface area contributed by atoms with Gasteiger partial charge in [-0.1, -0.05) is 6.92 Å². The predicted molar refractivity (Wildman–Crippen MR) is 147 cm³/mol. The maximum absolute atomic E-state index is 13.7. The Labute approximate surface area is 236 Å². The summed E-state index contributed by atoms with van der Waals surface area (Å²) in [6.07, 6.45) is 7.05. The quantitative estimate of drug-likeness (QED) is 0.416. The summed E-state index contributed by atoms with van der Waals surface area (Å²) in [7, 11) is 1.46. The SMILES string of the molecule is COc1cc(C#N)c(OC2CCC(C)(C(=O)O)CC2)cc1C(=O)NC1C2CCC(C2)C1C(=O)NCC1CC(C)C1. The number of methoxy groups -OCH3 is 1. The van der Waals surface area contributed by atoms with E-state index in [0.717, 1.165) is 38.0 Å². The van der Waals surface area contributed by atoms with Crippen molar-refractivity contribution in [2.45, 2.75) is 83.8 Å². The van der Waals surface area contributed by atoms with Crippen molar-refractivity contribution in [2.75, 3.05) is 13.7 Å². The van der Waals surface area contributed by atoms with E-state index in [9.17, 15) is 24.8 Å². The molecule has 0 aromatic heterocycles. The number of fused-ring (bicyclic) bond motifs is 2. The molecule has 0 saturated heterocycles. The van der Waals surface area contributed by atoms with Crippen LogP contribution in [0.4, 0.5) is 0 Å². The highest BCUT2D eigenvalue weighted by Gasteiger charge is 2.51. The standard InChI is InChI=1S/C31H41N3O6/c1-17-10-18(11-17)16-33-29(36)26-19-4-5-20(12-19)27(26)34-28(35)23-14-24(21(15-32)13-25(23)39-3)40-22-6-8-31(2,9-7-22)30(37)38/h13-14,17-20,22,26-27H,4-12,16H2,1-3H3,(H,33,36)(H,34,35)(H,37,38). The lowest BCUT2D eigenvalue weighted by atomic mass is 9.75. The van der Waals surface area contributed by atoms with E-state index in [1.165, 1.54) is 13.2 Å². The van der Waals surface area contributed by atoms with Gasteiger partial charge in [-0.05, 0) is 94.4 Å². The highest BCUT2D eigenvalue weighted by atomic mass is 16.5. The number of nitriles is 1. The zero-order valence-corrected chi connectivity index (χ0v) is 23.7. The van der Waals surface area contributed by atoms with Crippen molar-refractivity contribution >= 4 is 17.8 Å². The van der Waals surface area contributed by atoms with Crippen molar-refractivity contribution in [2.24, 2.45) is 35.0 Å². The summed E-state index contributed by atoms with van der Waals surface area (Å²) in [6, 6.07) is 4.95. The lowest BCUT2D eigenvalue weighted by molar-refractivity contribution is -0.150. The molecule has 4 saturated carbocycles. The third-order valence-electron chi connectivity index (χ3n) is 10.1. The molecule has 2 bridgehead atoms. The first-order valence-electron chi connectivity index (χ1n) is 14.7. The zero-order valence-electron chi connectivity index (χ0n) is 23.7. The van der Waals surface area contributed by atoms with Crippen molar-refractivity contribution in [1.82, 2.24) is 10.6 Å². The summed E-state index contributed by atoms with van der Waals surface area (Å²) >= 11 is 0. The molecule has 40 heavy (non-hydrogen) atoms. The van der Waals surface area contributed by atoms with Gasteiger partial charge in [0, 0.05) is 18.7 Å². The lowest BCUT2D eigenvalue weighted by Crippen LogP contribution is -2.50. The van der Waals surface area contributed by atoms with Gasteiger partial charge >= 0.3 is 5.97 Å². The number of carbonyl (C=O) groups excluding carboxylic acids is 2. The Kier molecular flexibility index (Phi) is 7.98. The lowest BCUT2D eigenvalue weighted by Gasteiger charge is -2.35. The summed E-state index contributed by atoms with van der Waals surface area (Å²) in [5.74, 6) is 1.02. The van der Waals surface area contributed by atoms with Gasteiger partial charge in [-0.3, -0.25) is 14.4 Å². The minimum atomic E-state index is -0.808. The van der Waals surface area contributed by atoms with E-state index in [2.05, 4.69) is 23.6 Å². The van der Waals surface area contributed by atoms with E-state index < -0.39 is 11.4 Å². The number of carboxylic acid groups (broad SMARTS) is 1. The molecule has 0 heterocycles. The smallest absolute Gasteiger partial charge is 0.309 e. The van der Waals surface area contributed by atoms with E-state index in [1.54, 1.807) is 13.0 Å². The van der Waals surface area contributed by atoms with Gasteiger partial charge in [-0.2, -0.15) is 5.26 Å². The van der Waals surface area contributed by atoms with E-state index in [-0.39, 0.29) is 64.3 Å². The average molecular weight is 552 g/mol. The van der Waals surface area contributed by atoms with Gasteiger partial charge < -0.3 is 25.2 Å². The Morgan fingerprint density at radius 2 is 1.77 bits per heavy atom. The first-order chi connectivity index (χ1) is 19.1. The summed E-state index contributed by atoms with van der Waals surface area (Å²) in [6.45, 7) is 4.69. The monoisotopic (exact) mass is 551 g/mol. The molecule has 0 spiro atoms. The molecule has 4 aliphatic carbocycles. The van der Waals surface area contributed by atoms with E-state index in [0.29, 0.717) is 38.1 Å². The number of hydrogen-bond acceptors (Lipinski definition) is 6. The van der Waals surface area contributed by atoms with Crippen LogP contribution in [0.2, 0.25) is 0 Å². The van der Waals surface area contributed by atoms with Crippen LogP contribution in [0.3, 0.4) is 0 Å². The molecule has 5 rings (SSSR count). The minimum Gasteiger partial charge on any atom is -0.496 e. The van der Waals surface area contributed by atoms with Crippen LogP contribution < -0.4 is 20.1 Å². The Hall–Kier alpha value is -3.28. The van der Waals surface area contributed by atoms with E-state index >= 15 is 0 Å². The number of ether oxygens (including phenoxy) is 2. The second-order valence-corrected chi connectivity index (χ2v) is 12.9. The van der Waals surface area contributed by atoms with Crippen LogP contribution in [0.5, 0.6) is 11.5 Å². The molecule has 1 aromatic rings. The summed E-state index contributed by atoms with van der Waals surface area (Å²) < 4.78 is 11.7. The molecule has 0 aliphatic heterocycles. The van der Waals surface area contributed by atoms with Gasteiger partial charge in [0.1, 0.15) is 17.6 Å². The molecule has 1 aromatic carbocycles. The number of rotatable bonds is 9. The number of hydrogen-bond donors (Lipinski definition) is 3. The molecule has 3 N–H and O–H groups in total. The number of aliphatic carboxylic acids is 1. The number of carbonyl (C=O) groups is 3. The molecular formula is C31H41N3O6. The van der Waals surface area contributed by atoms with Crippen molar-refractivity contribution in [1.29, 1.82) is 5.26 Å². The van der Waals surface area contributed by atoms with E-state index in [1.807, 2.05) is 0 Å². The maximum atomic E-state index is 13.7. The third-order valence-corrected chi connectivity index (χ3v) is 10.1. The fourth-order valence-corrected chi connectivity index (χ4v) is 7.53. The van der Waals surface area contributed by atoms with Crippen LogP contribution >= 0.6 is 0 Å². The maximum Gasteiger partial charge on any atom is 0.309 e. The molecule has 0 radical (unpaired) electrons. The van der Waals surface area contributed by atoms with Crippen LogP contribution in [-0.4, -0.2) is 48.7 Å². The minimum absolute atomic E-state index is 0.0403. The molecule has 4 unspecified atom stereocenters. The summed E-state index contributed by atoms with van der Waals surface area (Å²) in [4.78, 5) is 38.6.